The number of carbonyl (C=O) groups excluding carboxylic acids is 1. The molecular formula is C15H16ClN3O3S2. The van der Waals surface area contributed by atoms with Crippen LogP contribution in [0.3, 0.4) is 0 Å². The first-order valence-corrected chi connectivity index (χ1v) is 9.92. The zero-order valence-corrected chi connectivity index (χ0v) is 15.1. The fraction of sp³-hybridized carbons (Fsp3) is 0.267. The summed E-state index contributed by atoms with van der Waals surface area (Å²) in [6.45, 7) is 1.14. The summed E-state index contributed by atoms with van der Waals surface area (Å²) < 4.78 is 27.1. The molecule has 0 aliphatic carbocycles. The maximum absolute atomic E-state index is 12.6. The lowest BCUT2D eigenvalue weighted by Gasteiger charge is -2.33. The standard InChI is InChI=1S/C15H16ClN3O3S2/c16-13-5-6-14(23-13)24(21,22)19-9-7-18(8-10-19)15(20)11-3-1-2-4-12(11)17/h1-6H,7-10,17H2. The minimum atomic E-state index is -3.56. The molecule has 2 heterocycles. The smallest absolute Gasteiger partial charge is 0.256 e. The predicted molar refractivity (Wildman–Crippen MR) is 94.8 cm³/mol. The molecule has 9 heteroatoms. The Morgan fingerprint density at radius 2 is 1.75 bits per heavy atom. The van der Waals surface area contributed by atoms with E-state index in [1.54, 1.807) is 35.2 Å². The van der Waals surface area contributed by atoms with Crippen LogP contribution in [0.1, 0.15) is 10.4 Å². The molecule has 1 aliphatic rings. The van der Waals surface area contributed by atoms with Crippen molar-refractivity contribution in [3.05, 3.63) is 46.3 Å². The van der Waals surface area contributed by atoms with Crippen LogP contribution < -0.4 is 5.73 Å². The van der Waals surface area contributed by atoms with Gasteiger partial charge in [0.05, 0.1) is 9.90 Å². The van der Waals surface area contributed by atoms with Gasteiger partial charge in [-0.15, -0.1) is 11.3 Å². The van der Waals surface area contributed by atoms with Gasteiger partial charge < -0.3 is 10.6 Å². The van der Waals surface area contributed by atoms with Gasteiger partial charge in [0.25, 0.3) is 15.9 Å². The van der Waals surface area contributed by atoms with Crippen LogP contribution in [-0.4, -0.2) is 49.7 Å². The van der Waals surface area contributed by atoms with Crippen molar-refractivity contribution in [2.45, 2.75) is 4.21 Å². The van der Waals surface area contributed by atoms with Gasteiger partial charge >= 0.3 is 0 Å². The summed E-state index contributed by atoms with van der Waals surface area (Å²) in [5, 5.41) is 0. The third-order valence-corrected chi connectivity index (χ3v) is 7.46. The Bertz CT molecular complexity index is 858. The normalized spacial score (nSPS) is 16.3. The molecule has 1 aromatic carbocycles. The van der Waals surface area contributed by atoms with E-state index in [9.17, 15) is 13.2 Å². The van der Waals surface area contributed by atoms with Crippen LogP contribution in [0.4, 0.5) is 5.69 Å². The van der Waals surface area contributed by atoms with E-state index in [1.165, 1.54) is 10.4 Å². The van der Waals surface area contributed by atoms with Gasteiger partial charge in [0, 0.05) is 31.9 Å². The maximum atomic E-state index is 12.6. The van der Waals surface area contributed by atoms with Crippen LogP contribution in [0.15, 0.2) is 40.6 Å². The molecule has 2 N–H and O–H groups in total. The van der Waals surface area contributed by atoms with Gasteiger partial charge in [-0.3, -0.25) is 4.79 Å². The highest BCUT2D eigenvalue weighted by Crippen LogP contribution is 2.28. The number of carbonyl (C=O) groups is 1. The molecule has 0 radical (unpaired) electrons. The molecule has 1 aromatic heterocycles. The fourth-order valence-electron chi connectivity index (χ4n) is 2.56. The molecule has 3 rings (SSSR count). The number of anilines is 1. The van der Waals surface area contributed by atoms with Gasteiger partial charge in [-0.05, 0) is 24.3 Å². The minimum Gasteiger partial charge on any atom is -0.398 e. The molecule has 24 heavy (non-hydrogen) atoms. The SMILES string of the molecule is Nc1ccccc1C(=O)N1CCN(S(=O)(=O)c2ccc(Cl)s2)CC1. The van der Waals surface area contributed by atoms with Crippen molar-refractivity contribution in [2.75, 3.05) is 31.9 Å². The summed E-state index contributed by atoms with van der Waals surface area (Å²) in [5.41, 5.74) is 6.70. The number of sulfonamides is 1. The van der Waals surface area contributed by atoms with Gasteiger partial charge in [0.15, 0.2) is 0 Å². The van der Waals surface area contributed by atoms with Gasteiger partial charge in [-0.2, -0.15) is 4.31 Å². The van der Waals surface area contributed by atoms with E-state index in [-0.39, 0.29) is 23.2 Å². The van der Waals surface area contributed by atoms with Gasteiger partial charge in [0.2, 0.25) is 0 Å². The van der Waals surface area contributed by atoms with Crippen LogP contribution in [0.5, 0.6) is 0 Å². The minimum absolute atomic E-state index is 0.177. The number of hydrogen-bond donors (Lipinski definition) is 1. The summed E-state index contributed by atoms with van der Waals surface area (Å²) in [6, 6.07) is 9.94. The highest BCUT2D eigenvalue weighted by Gasteiger charge is 2.31. The molecule has 0 atom stereocenters. The number of halogens is 1. The molecule has 1 amide bonds. The monoisotopic (exact) mass is 385 g/mol. The van der Waals surface area contributed by atoms with Gasteiger partial charge in [-0.25, -0.2) is 8.42 Å². The second kappa shape index (κ2) is 6.72. The van der Waals surface area contributed by atoms with E-state index in [2.05, 4.69) is 0 Å². The first-order chi connectivity index (χ1) is 11.4. The van der Waals surface area contributed by atoms with E-state index >= 15 is 0 Å². The molecule has 0 saturated carbocycles. The lowest BCUT2D eigenvalue weighted by Crippen LogP contribution is -2.50. The number of nitrogens with zero attached hydrogens (tertiary/aromatic N) is 2. The number of hydrogen-bond acceptors (Lipinski definition) is 5. The van der Waals surface area contributed by atoms with E-state index in [1.807, 2.05) is 0 Å². The van der Waals surface area contributed by atoms with E-state index in [0.29, 0.717) is 28.7 Å². The van der Waals surface area contributed by atoms with E-state index in [4.69, 9.17) is 17.3 Å². The van der Waals surface area contributed by atoms with Crippen molar-refractivity contribution in [3.63, 3.8) is 0 Å². The Hall–Kier alpha value is -1.61. The van der Waals surface area contributed by atoms with Crippen LogP contribution in [0, 0.1) is 0 Å². The summed E-state index contributed by atoms with van der Waals surface area (Å²) in [6.07, 6.45) is 0. The van der Waals surface area contributed by atoms with Crippen molar-refractivity contribution in [2.24, 2.45) is 0 Å². The molecule has 1 aliphatic heterocycles. The second-order valence-electron chi connectivity index (χ2n) is 5.34. The second-order valence-corrected chi connectivity index (χ2v) is 9.22. The Labute approximate surface area is 149 Å². The molecule has 128 valence electrons. The summed E-state index contributed by atoms with van der Waals surface area (Å²) in [4.78, 5) is 14.1. The van der Waals surface area contributed by atoms with Crippen LogP contribution in [0.25, 0.3) is 0 Å². The summed E-state index contributed by atoms with van der Waals surface area (Å²) >= 11 is 6.86. The zero-order chi connectivity index (χ0) is 17.3. The fourth-order valence-corrected chi connectivity index (χ4v) is 5.62. The average molecular weight is 386 g/mol. The number of nitrogens with two attached hydrogens (primary N) is 1. The summed E-state index contributed by atoms with van der Waals surface area (Å²) in [5.74, 6) is -0.177. The lowest BCUT2D eigenvalue weighted by molar-refractivity contribution is 0.0699. The number of nitrogen functional groups attached to an aromatic ring is 1. The van der Waals surface area contributed by atoms with Crippen molar-refractivity contribution >= 4 is 44.6 Å². The quantitative estimate of drug-likeness (QED) is 0.820. The largest absolute Gasteiger partial charge is 0.398 e. The van der Waals surface area contributed by atoms with Crippen LogP contribution >= 0.6 is 22.9 Å². The predicted octanol–water partition coefficient (Wildman–Crippen LogP) is 2.13. The number of benzene rings is 1. The topological polar surface area (TPSA) is 83.7 Å². The van der Waals surface area contributed by atoms with Crippen molar-refractivity contribution in [1.82, 2.24) is 9.21 Å². The molecule has 0 unspecified atom stereocenters. The maximum Gasteiger partial charge on any atom is 0.256 e. The Morgan fingerprint density at radius 3 is 2.33 bits per heavy atom. The Balaban J connectivity index is 1.70. The number of thiophene rings is 1. The first-order valence-electron chi connectivity index (χ1n) is 7.29. The van der Waals surface area contributed by atoms with Gasteiger partial charge in [-0.1, -0.05) is 23.7 Å². The van der Waals surface area contributed by atoms with Crippen molar-refractivity contribution < 1.29 is 13.2 Å². The average Bonchev–Trinajstić information content (AvgIpc) is 3.02. The third-order valence-electron chi connectivity index (χ3n) is 3.86. The molecule has 2 aromatic rings. The first kappa shape index (κ1) is 17.2. The Kier molecular flexibility index (Phi) is 4.82. The zero-order valence-electron chi connectivity index (χ0n) is 12.7. The highest BCUT2D eigenvalue weighted by molar-refractivity contribution is 7.91. The third kappa shape index (κ3) is 3.27. The van der Waals surface area contributed by atoms with E-state index in [0.717, 1.165) is 11.3 Å². The molecule has 1 saturated heterocycles. The van der Waals surface area contributed by atoms with Crippen LogP contribution in [-0.2, 0) is 10.0 Å². The lowest BCUT2D eigenvalue weighted by atomic mass is 10.1. The number of amides is 1. The number of rotatable bonds is 3. The highest BCUT2D eigenvalue weighted by atomic mass is 35.5. The molecule has 0 spiro atoms. The van der Waals surface area contributed by atoms with E-state index < -0.39 is 10.0 Å². The molecular weight excluding hydrogens is 370 g/mol. The Morgan fingerprint density at radius 1 is 1.08 bits per heavy atom. The van der Waals surface area contributed by atoms with Crippen LogP contribution in [0.2, 0.25) is 4.34 Å². The summed E-state index contributed by atoms with van der Waals surface area (Å²) in [7, 11) is -3.56. The molecule has 1 fully saturated rings. The van der Waals surface area contributed by atoms with Crippen molar-refractivity contribution in [1.29, 1.82) is 0 Å². The molecule has 0 bridgehead atoms. The molecule has 6 nitrogen and oxygen atoms in total. The van der Waals surface area contributed by atoms with Gasteiger partial charge in [0.1, 0.15) is 4.21 Å². The van der Waals surface area contributed by atoms with Crippen molar-refractivity contribution in [3.8, 4) is 0 Å². The number of para-hydroxylation sites is 1. The number of piperazine rings is 1.